The van der Waals surface area contributed by atoms with Crippen molar-refractivity contribution in [3.8, 4) is 0 Å². The molecule has 0 N–H and O–H groups in total. The number of piperazine rings is 1. The van der Waals surface area contributed by atoms with Crippen LogP contribution in [0.15, 0.2) is 0 Å². The molecule has 0 aliphatic carbocycles. The van der Waals surface area contributed by atoms with E-state index in [1.807, 2.05) is 11.8 Å². The van der Waals surface area contributed by atoms with Gasteiger partial charge in [-0.2, -0.15) is 0 Å². The normalized spacial score (nSPS) is 23.1. The minimum Gasteiger partial charge on any atom is -0.340 e. The average molecular weight is 212 g/mol. The Morgan fingerprint density at radius 1 is 1.27 bits per heavy atom. The zero-order chi connectivity index (χ0) is 11.3. The molecule has 1 saturated heterocycles. The van der Waals surface area contributed by atoms with Crippen molar-refractivity contribution in [3.63, 3.8) is 0 Å². The van der Waals surface area contributed by atoms with E-state index in [1.165, 1.54) is 13.0 Å². The van der Waals surface area contributed by atoms with Crippen molar-refractivity contribution in [2.24, 2.45) is 0 Å². The van der Waals surface area contributed by atoms with Gasteiger partial charge in [-0.3, -0.25) is 9.69 Å². The maximum atomic E-state index is 11.6. The van der Waals surface area contributed by atoms with Crippen molar-refractivity contribution in [3.05, 3.63) is 0 Å². The number of hydrogen-bond donors (Lipinski definition) is 0. The van der Waals surface area contributed by atoms with Gasteiger partial charge < -0.3 is 4.90 Å². The van der Waals surface area contributed by atoms with E-state index in [4.69, 9.17) is 0 Å². The van der Waals surface area contributed by atoms with Crippen LogP contribution in [0.1, 0.15) is 40.0 Å². The third kappa shape index (κ3) is 3.20. The summed E-state index contributed by atoms with van der Waals surface area (Å²) >= 11 is 0. The van der Waals surface area contributed by atoms with Crippen LogP contribution in [0.25, 0.3) is 0 Å². The van der Waals surface area contributed by atoms with Crippen LogP contribution in [0.5, 0.6) is 0 Å². The van der Waals surface area contributed by atoms with Crippen LogP contribution in [0, 0.1) is 0 Å². The molecule has 1 aliphatic rings. The summed E-state index contributed by atoms with van der Waals surface area (Å²) < 4.78 is 0. The minimum absolute atomic E-state index is 0.310. The molecule has 0 aromatic heterocycles. The molecule has 0 saturated carbocycles. The first-order valence-electron chi connectivity index (χ1n) is 6.24. The molecule has 1 amide bonds. The topological polar surface area (TPSA) is 23.6 Å². The average Bonchev–Trinajstić information content (AvgIpc) is 2.29. The Kier molecular flexibility index (Phi) is 5.09. The molecule has 0 aromatic rings. The molecule has 1 rings (SSSR count). The Morgan fingerprint density at radius 3 is 2.53 bits per heavy atom. The summed E-state index contributed by atoms with van der Waals surface area (Å²) in [6.07, 6.45) is 3.00. The quantitative estimate of drug-likeness (QED) is 0.708. The highest BCUT2D eigenvalue weighted by Crippen LogP contribution is 2.13. The molecule has 3 nitrogen and oxygen atoms in total. The molecule has 0 unspecified atom stereocenters. The van der Waals surface area contributed by atoms with Crippen LogP contribution >= 0.6 is 0 Å². The van der Waals surface area contributed by atoms with Crippen LogP contribution in [0.4, 0.5) is 0 Å². The maximum absolute atomic E-state index is 11.6. The van der Waals surface area contributed by atoms with E-state index in [1.54, 1.807) is 0 Å². The van der Waals surface area contributed by atoms with Gasteiger partial charge in [-0.05, 0) is 19.4 Å². The summed E-state index contributed by atoms with van der Waals surface area (Å²) in [7, 11) is 0. The Labute approximate surface area is 93.4 Å². The van der Waals surface area contributed by atoms with Crippen molar-refractivity contribution in [1.82, 2.24) is 9.80 Å². The highest BCUT2D eigenvalue weighted by atomic mass is 16.2. The van der Waals surface area contributed by atoms with E-state index >= 15 is 0 Å². The summed E-state index contributed by atoms with van der Waals surface area (Å²) in [6, 6.07) is 0.578. The van der Waals surface area contributed by atoms with Gasteiger partial charge in [-0.1, -0.05) is 20.8 Å². The second-order valence-electron chi connectivity index (χ2n) is 4.29. The largest absolute Gasteiger partial charge is 0.340 e. The molecular formula is C12H24N2O. The summed E-state index contributed by atoms with van der Waals surface area (Å²) in [5.41, 5.74) is 0. The first-order chi connectivity index (χ1) is 7.22. The van der Waals surface area contributed by atoms with E-state index in [0.717, 1.165) is 26.1 Å². The van der Waals surface area contributed by atoms with Crippen molar-refractivity contribution in [1.29, 1.82) is 0 Å². The molecule has 0 aromatic carbocycles. The van der Waals surface area contributed by atoms with Gasteiger partial charge in [0.25, 0.3) is 0 Å². The lowest BCUT2D eigenvalue weighted by Crippen LogP contribution is -2.54. The first-order valence-corrected chi connectivity index (χ1v) is 6.24. The number of hydrogen-bond acceptors (Lipinski definition) is 2. The zero-order valence-electron chi connectivity index (χ0n) is 10.3. The highest BCUT2D eigenvalue weighted by Gasteiger charge is 2.26. The number of rotatable bonds is 4. The number of nitrogens with zero attached hydrogens (tertiary/aromatic N) is 2. The molecular weight excluding hydrogens is 188 g/mol. The predicted molar refractivity (Wildman–Crippen MR) is 62.8 cm³/mol. The van der Waals surface area contributed by atoms with Gasteiger partial charge in [0.1, 0.15) is 0 Å². The van der Waals surface area contributed by atoms with Crippen molar-refractivity contribution in [2.75, 3.05) is 26.2 Å². The van der Waals surface area contributed by atoms with Gasteiger partial charge in [-0.25, -0.2) is 0 Å². The summed E-state index contributed by atoms with van der Waals surface area (Å²) in [4.78, 5) is 16.2. The van der Waals surface area contributed by atoms with Gasteiger partial charge in [0.2, 0.25) is 5.91 Å². The number of amides is 1. The first kappa shape index (κ1) is 12.5. The monoisotopic (exact) mass is 212 g/mol. The zero-order valence-corrected chi connectivity index (χ0v) is 10.3. The SMILES string of the molecule is CCCN1CCN(C(=O)CC)C[C@@H]1CC. The van der Waals surface area contributed by atoms with E-state index in [-0.39, 0.29) is 0 Å². The van der Waals surface area contributed by atoms with E-state index in [0.29, 0.717) is 18.4 Å². The highest BCUT2D eigenvalue weighted by molar-refractivity contribution is 5.75. The Balaban J connectivity index is 2.50. The molecule has 1 heterocycles. The summed E-state index contributed by atoms with van der Waals surface area (Å²) in [6.45, 7) is 10.5. The fraction of sp³-hybridized carbons (Fsp3) is 0.917. The molecule has 0 bridgehead atoms. The van der Waals surface area contributed by atoms with Gasteiger partial charge in [0.05, 0.1) is 0 Å². The summed E-state index contributed by atoms with van der Waals surface area (Å²) in [5, 5.41) is 0. The van der Waals surface area contributed by atoms with Crippen molar-refractivity contribution >= 4 is 5.91 Å². The number of carbonyl (C=O) groups is 1. The van der Waals surface area contributed by atoms with E-state index in [2.05, 4.69) is 18.7 Å². The smallest absolute Gasteiger partial charge is 0.222 e. The Morgan fingerprint density at radius 2 is 2.00 bits per heavy atom. The second kappa shape index (κ2) is 6.11. The predicted octanol–water partition coefficient (Wildman–Crippen LogP) is 1.73. The van der Waals surface area contributed by atoms with Crippen LogP contribution in [-0.4, -0.2) is 47.9 Å². The minimum atomic E-state index is 0.310. The van der Waals surface area contributed by atoms with Gasteiger partial charge >= 0.3 is 0 Å². The fourth-order valence-corrected chi connectivity index (χ4v) is 2.31. The molecule has 88 valence electrons. The Bertz CT molecular complexity index is 206. The second-order valence-corrected chi connectivity index (χ2v) is 4.29. The third-order valence-corrected chi connectivity index (χ3v) is 3.24. The van der Waals surface area contributed by atoms with E-state index < -0.39 is 0 Å². The standard InChI is InChI=1S/C12H24N2O/c1-4-7-13-8-9-14(12(15)6-3)10-11(13)5-2/h11H,4-10H2,1-3H3/t11-/m0/s1. The number of carbonyl (C=O) groups excluding carboxylic acids is 1. The lowest BCUT2D eigenvalue weighted by Gasteiger charge is -2.41. The van der Waals surface area contributed by atoms with Crippen LogP contribution in [0.3, 0.4) is 0 Å². The molecule has 1 fully saturated rings. The van der Waals surface area contributed by atoms with Crippen LogP contribution < -0.4 is 0 Å². The molecule has 1 atom stereocenters. The Hall–Kier alpha value is -0.570. The fourth-order valence-electron chi connectivity index (χ4n) is 2.31. The lowest BCUT2D eigenvalue weighted by atomic mass is 10.1. The van der Waals surface area contributed by atoms with Gasteiger partial charge in [0.15, 0.2) is 0 Å². The third-order valence-electron chi connectivity index (χ3n) is 3.24. The molecule has 15 heavy (non-hydrogen) atoms. The molecule has 0 radical (unpaired) electrons. The maximum Gasteiger partial charge on any atom is 0.222 e. The van der Waals surface area contributed by atoms with Gasteiger partial charge in [-0.15, -0.1) is 0 Å². The van der Waals surface area contributed by atoms with E-state index in [9.17, 15) is 4.79 Å². The van der Waals surface area contributed by atoms with Crippen molar-refractivity contribution < 1.29 is 4.79 Å². The van der Waals surface area contributed by atoms with Crippen LogP contribution in [0.2, 0.25) is 0 Å². The molecule has 0 spiro atoms. The summed E-state index contributed by atoms with van der Waals surface area (Å²) in [5.74, 6) is 0.310. The van der Waals surface area contributed by atoms with Crippen molar-refractivity contribution in [2.45, 2.75) is 46.1 Å². The van der Waals surface area contributed by atoms with Crippen LogP contribution in [-0.2, 0) is 4.79 Å². The molecule has 3 heteroatoms. The van der Waals surface area contributed by atoms with Gasteiger partial charge in [0, 0.05) is 32.1 Å². The molecule has 1 aliphatic heterocycles. The lowest BCUT2D eigenvalue weighted by molar-refractivity contribution is -0.133.